The number of likely N-dealkylation sites (N-methyl/N-ethyl adjacent to an activating group) is 1. The van der Waals surface area contributed by atoms with Gasteiger partial charge >= 0.3 is 0 Å². The molecule has 0 spiro atoms. The van der Waals surface area contributed by atoms with Gasteiger partial charge in [-0.1, -0.05) is 29.8 Å². The Morgan fingerprint density at radius 1 is 1.00 bits per heavy atom. The van der Waals surface area contributed by atoms with Crippen molar-refractivity contribution in [1.29, 1.82) is 0 Å². The van der Waals surface area contributed by atoms with Crippen LogP contribution in [-0.4, -0.2) is 60.2 Å². The fourth-order valence-corrected chi connectivity index (χ4v) is 5.08. The minimum Gasteiger partial charge on any atom is -0.497 e. The Hall–Kier alpha value is -5.19. The number of ether oxygens (including phenoxy) is 2. The van der Waals surface area contributed by atoms with Crippen LogP contribution in [0.4, 0.5) is 17.2 Å². The number of nitrogens with zero attached hydrogens (tertiary/aromatic N) is 4. The number of benzene rings is 2. The number of nitrogens with one attached hydrogen (secondary N) is 2. The summed E-state index contributed by atoms with van der Waals surface area (Å²) in [6.45, 7) is 0.855. The molecule has 0 fully saturated rings. The van der Waals surface area contributed by atoms with Crippen LogP contribution >= 0.6 is 11.6 Å². The molecular formula is C34H33ClN6O4. The zero-order valence-electron chi connectivity index (χ0n) is 25.4. The summed E-state index contributed by atoms with van der Waals surface area (Å²) in [6.07, 6.45) is 8.38. The van der Waals surface area contributed by atoms with E-state index in [-0.39, 0.29) is 23.0 Å². The highest BCUT2D eigenvalue weighted by molar-refractivity contribution is 6.35. The molecule has 10 nitrogen and oxygen atoms in total. The Labute approximate surface area is 265 Å². The van der Waals surface area contributed by atoms with Gasteiger partial charge in [0.05, 0.1) is 43.2 Å². The van der Waals surface area contributed by atoms with E-state index in [1.165, 1.54) is 20.3 Å². The van der Waals surface area contributed by atoms with Crippen molar-refractivity contribution in [2.75, 3.05) is 45.5 Å². The second kappa shape index (κ2) is 14.1. The van der Waals surface area contributed by atoms with Crippen LogP contribution in [0.3, 0.4) is 0 Å². The molecule has 11 heteroatoms. The smallest absolute Gasteiger partial charge is 0.259 e. The number of fused-ring (bicyclic) bond motifs is 1. The summed E-state index contributed by atoms with van der Waals surface area (Å²) in [6, 6.07) is 18.1. The molecule has 0 saturated heterocycles. The maximum atomic E-state index is 14.3. The zero-order chi connectivity index (χ0) is 31.9. The molecule has 0 atom stereocenters. The number of anilines is 3. The van der Waals surface area contributed by atoms with E-state index in [4.69, 9.17) is 21.1 Å². The minimum absolute atomic E-state index is 0.207. The summed E-state index contributed by atoms with van der Waals surface area (Å²) < 4.78 is 12.6. The number of hydrogen-bond acceptors (Lipinski definition) is 8. The SMILES string of the molecule is COc1cc(OC)c(Cl)c(-c2cc3cnc(Nc4cccnc4)cc3n(Cc3cccc(NC(=O)/C=C/CN(C)C)c3)c2=O)c1. The maximum absolute atomic E-state index is 14.3. The van der Waals surface area contributed by atoms with Crippen LogP contribution in [0.25, 0.3) is 22.0 Å². The number of aromatic nitrogens is 3. The summed E-state index contributed by atoms with van der Waals surface area (Å²) in [5.41, 5.74) is 3.37. The van der Waals surface area contributed by atoms with Crippen LogP contribution in [0, 0.1) is 0 Å². The topological polar surface area (TPSA) is 111 Å². The first-order valence-electron chi connectivity index (χ1n) is 14.1. The molecule has 0 saturated carbocycles. The van der Waals surface area contributed by atoms with E-state index in [9.17, 15) is 9.59 Å². The molecule has 0 aliphatic rings. The lowest BCUT2D eigenvalue weighted by molar-refractivity contribution is -0.111. The predicted octanol–water partition coefficient (Wildman–Crippen LogP) is 5.98. The fourth-order valence-electron chi connectivity index (χ4n) is 4.79. The molecule has 0 bridgehead atoms. The lowest BCUT2D eigenvalue weighted by Crippen LogP contribution is -2.23. The molecule has 5 aromatic rings. The summed E-state index contributed by atoms with van der Waals surface area (Å²) in [5.74, 6) is 1.18. The molecule has 2 N–H and O–H groups in total. The highest BCUT2D eigenvalue weighted by atomic mass is 35.5. The number of methoxy groups -OCH3 is 2. The van der Waals surface area contributed by atoms with Gasteiger partial charge in [0.15, 0.2) is 0 Å². The Bertz CT molecular complexity index is 1920. The number of rotatable bonds is 11. The van der Waals surface area contributed by atoms with Crippen LogP contribution < -0.4 is 25.7 Å². The van der Waals surface area contributed by atoms with Crippen LogP contribution in [0.15, 0.2) is 96.2 Å². The van der Waals surface area contributed by atoms with Crippen molar-refractivity contribution in [3.8, 4) is 22.6 Å². The number of amides is 1. The van der Waals surface area contributed by atoms with Crippen molar-refractivity contribution in [3.63, 3.8) is 0 Å². The molecule has 0 aliphatic carbocycles. The Kier molecular flexibility index (Phi) is 9.76. The first-order valence-corrected chi connectivity index (χ1v) is 14.5. The molecular weight excluding hydrogens is 592 g/mol. The lowest BCUT2D eigenvalue weighted by Gasteiger charge is -2.17. The minimum atomic E-state index is -0.278. The van der Waals surface area contributed by atoms with E-state index in [2.05, 4.69) is 20.6 Å². The van der Waals surface area contributed by atoms with E-state index in [1.807, 2.05) is 55.4 Å². The van der Waals surface area contributed by atoms with E-state index >= 15 is 0 Å². The fraction of sp³-hybridized carbons (Fsp3) is 0.176. The third kappa shape index (κ3) is 7.49. The number of carbonyl (C=O) groups is 1. The summed E-state index contributed by atoms with van der Waals surface area (Å²) in [7, 11) is 6.90. The summed E-state index contributed by atoms with van der Waals surface area (Å²) in [4.78, 5) is 37.5. The first kappa shape index (κ1) is 31.2. The van der Waals surface area contributed by atoms with Gasteiger partial charge in [-0.05, 0) is 56.1 Å². The van der Waals surface area contributed by atoms with Gasteiger partial charge in [0.25, 0.3) is 5.56 Å². The number of pyridine rings is 3. The van der Waals surface area contributed by atoms with Crippen LogP contribution in [0.5, 0.6) is 11.5 Å². The summed E-state index contributed by atoms with van der Waals surface area (Å²) in [5, 5.41) is 7.15. The molecule has 5 rings (SSSR count). The average Bonchev–Trinajstić information content (AvgIpc) is 3.03. The maximum Gasteiger partial charge on any atom is 0.259 e. The predicted molar refractivity (Wildman–Crippen MR) is 179 cm³/mol. The second-order valence-corrected chi connectivity index (χ2v) is 10.9. The van der Waals surface area contributed by atoms with Crippen molar-refractivity contribution in [1.82, 2.24) is 19.4 Å². The van der Waals surface area contributed by atoms with Gasteiger partial charge in [0.1, 0.15) is 17.3 Å². The van der Waals surface area contributed by atoms with Gasteiger partial charge in [-0.15, -0.1) is 0 Å². The average molecular weight is 625 g/mol. The van der Waals surface area contributed by atoms with Gasteiger partial charge in [0, 0.05) is 59.3 Å². The molecule has 3 aromatic heterocycles. The third-order valence-electron chi connectivity index (χ3n) is 6.95. The number of hydrogen-bond donors (Lipinski definition) is 2. The van der Waals surface area contributed by atoms with Crippen LogP contribution in [0.1, 0.15) is 5.56 Å². The first-order chi connectivity index (χ1) is 21.7. The van der Waals surface area contributed by atoms with Gasteiger partial charge in [0.2, 0.25) is 5.91 Å². The van der Waals surface area contributed by atoms with Crippen molar-refractivity contribution in [2.24, 2.45) is 0 Å². The molecule has 45 heavy (non-hydrogen) atoms. The van der Waals surface area contributed by atoms with Gasteiger partial charge in [-0.3, -0.25) is 14.6 Å². The monoisotopic (exact) mass is 624 g/mol. The molecule has 0 aliphatic heterocycles. The normalized spacial score (nSPS) is 11.2. The van der Waals surface area contributed by atoms with Gasteiger partial charge in [-0.2, -0.15) is 0 Å². The number of carbonyl (C=O) groups excluding carboxylic acids is 1. The van der Waals surface area contributed by atoms with E-state index < -0.39 is 0 Å². The molecule has 0 unspecified atom stereocenters. The zero-order valence-corrected chi connectivity index (χ0v) is 26.1. The third-order valence-corrected chi connectivity index (χ3v) is 7.34. The van der Waals surface area contributed by atoms with Crippen molar-refractivity contribution < 1.29 is 14.3 Å². The van der Waals surface area contributed by atoms with E-state index in [0.29, 0.717) is 46.2 Å². The van der Waals surface area contributed by atoms with Crippen LogP contribution in [0.2, 0.25) is 5.02 Å². The summed E-state index contributed by atoms with van der Waals surface area (Å²) >= 11 is 6.74. The van der Waals surface area contributed by atoms with Crippen LogP contribution in [-0.2, 0) is 11.3 Å². The molecule has 2 aromatic carbocycles. The quantitative estimate of drug-likeness (QED) is 0.173. The number of halogens is 1. The van der Waals surface area contributed by atoms with Crippen molar-refractivity contribution in [2.45, 2.75) is 6.54 Å². The highest BCUT2D eigenvalue weighted by Crippen LogP contribution is 2.39. The largest absolute Gasteiger partial charge is 0.497 e. The van der Waals surface area contributed by atoms with E-state index in [1.54, 1.807) is 53.5 Å². The molecule has 3 heterocycles. The Morgan fingerprint density at radius 3 is 2.56 bits per heavy atom. The standard InChI is InChI=1S/C34H33ClN6O4/c1-40(2)13-7-11-32(42)39-24-9-5-8-22(14-24)21-41-29-18-31(38-25-10-6-12-36-20-25)37-19-23(29)15-28(34(41)43)27-16-26(44-3)17-30(45-4)33(27)35/h5-12,14-20H,13,21H2,1-4H3,(H,37,38)(H,39,42)/b11-7+. The lowest BCUT2D eigenvalue weighted by atomic mass is 10.0. The highest BCUT2D eigenvalue weighted by Gasteiger charge is 2.19. The Balaban J connectivity index is 1.60. The van der Waals surface area contributed by atoms with E-state index in [0.717, 1.165) is 16.6 Å². The molecule has 1 amide bonds. The Morgan fingerprint density at radius 2 is 1.82 bits per heavy atom. The van der Waals surface area contributed by atoms with Crippen molar-refractivity contribution >= 4 is 45.6 Å². The molecule has 230 valence electrons. The molecule has 0 radical (unpaired) electrons. The second-order valence-electron chi connectivity index (χ2n) is 10.5. The van der Waals surface area contributed by atoms with Gasteiger partial charge in [-0.25, -0.2) is 4.98 Å². The van der Waals surface area contributed by atoms with Crippen molar-refractivity contribution in [3.05, 3.63) is 112 Å². The van der Waals surface area contributed by atoms with Gasteiger partial charge < -0.3 is 29.6 Å².